The Balaban J connectivity index is 2.14. The molecule has 0 aliphatic carbocycles. The van der Waals surface area contributed by atoms with Crippen LogP contribution in [0.2, 0.25) is 0 Å². The third-order valence-electron chi connectivity index (χ3n) is 1.60. The summed E-state index contributed by atoms with van der Waals surface area (Å²) in [4.78, 5) is 0. The first-order chi connectivity index (χ1) is 4.33. The molecule has 0 aromatic carbocycles. The third-order valence-corrected chi connectivity index (χ3v) is 1.79. The van der Waals surface area contributed by atoms with E-state index in [0.717, 1.165) is 13.0 Å². The van der Waals surface area contributed by atoms with Gasteiger partial charge in [-0.3, -0.25) is 0 Å². The predicted molar refractivity (Wildman–Crippen MR) is 39.2 cm³/mol. The molecule has 1 heterocycles. The monoisotopic (exact) mass is 148 g/mol. The van der Waals surface area contributed by atoms with E-state index in [9.17, 15) is 0 Å². The molecule has 1 fully saturated rings. The summed E-state index contributed by atoms with van der Waals surface area (Å²) in [5.41, 5.74) is 0. The van der Waals surface area contributed by atoms with Gasteiger partial charge in [0.2, 0.25) is 0 Å². The number of rotatable bonds is 2. The van der Waals surface area contributed by atoms with Gasteiger partial charge in [0, 0.05) is 9.47 Å². The molecule has 9 heavy (non-hydrogen) atoms. The van der Waals surface area contributed by atoms with Crippen molar-refractivity contribution in [3.63, 3.8) is 0 Å². The van der Waals surface area contributed by atoms with E-state index in [1.54, 1.807) is 0 Å². The van der Waals surface area contributed by atoms with E-state index in [1.165, 1.54) is 6.42 Å². The second-order valence-corrected chi connectivity index (χ2v) is 2.81. The molecule has 2 nitrogen and oxygen atoms in total. The summed E-state index contributed by atoms with van der Waals surface area (Å²) in [5, 5.41) is 0. The van der Waals surface area contributed by atoms with Crippen LogP contribution >= 0.6 is 9.47 Å². The first-order valence-electron chi connectivity index (χ1n) is 3.30. The lowest BCUT2D eigenvalue weighted by molar-refractivity contribution is 0.0308. The molecule has 3 unspecified atom stereocenters. The second kappa shape index (κ2) is 3.50. The van der Waals surface area contributed by atoms with Crippen LogP contribution in [0.1, 0.15) is 19.8 Å². The quantitative estimate of drug-likeness (QED) is 0.550. The molecule has 0 saturated carbocycles. The van der Waals surface area contributed by atoms with Crippen LogP contribution in [0.3, 0.4) is 0 Å². The van der Waals surface area contributed by atoms with Crippen LogP contribution in [0.25, 0.3) is 0 Å². The van der Waals surface area contributed by atoms with Gasteiger partial charge in [-0.1, -0.05) is 0 Å². The Morgan fingerprint density at radius 2 is 2.44 bits per heavy atom. The molecular formula is C6H13O2P. The van der Waals surface area contributed by atoms with E-state index in [1.807, 2.05) is 0 Å². The molecule has 0 aromatic rings. The average Bonchev–Trinajstić information content (AvgIpc) is 2.17. The van der Waals surface area contributed by atoms with Crippen molar-refractivity contribution in [2.45, 2.75) is 32.0 Å². The van der Waals surface area contributed by atoms with E-state index < -0.39 is 0 Å². The van der Waals surface area contributed by atoms with Gasteiger partial charge < -0.3 is 9.26 Å². The minimum Gasteiger partial charge on any atom is -0.373 e. The van der Waals surface area contributed by atoms with Gasteiger partial charge in [0.15, 0.2) is 0 Å². The Hall–Kier alpha value is 0.350. The average molecular weight is 148 g/mol. The highest BCUT2D eigenvalue weighted by Gasteiger charge is 2.20. The lowest BCUT2D eigenvalue weighted by atomic mass is 10.2. The Morgan fingerprint density at radius 3 is 2.89 bits per heavy atom. The zero-order chi connectivity index (χ0) is 6.69. The SMILES string of the molecule is CC1CCC(COP)O1. The highest BCUT2D eigenvalue weighted by atomic mass is 31.0. The normalized spacial score (nSPS) is 35.3. The van der Waals surface area contributed by atoms with E-state index >= 15 is 0 Å². The molecule has 0 amide bonds. The Labute approximate surface area is 58.2 Å². The summed E-state index contributed by atoms with van der Waals surface area (Å²) in [6.45, 7) is 2.82. The first-order valence-corrected chi connectivity index (χ1v) is 3.77. The van der Waals surface area contributed by atoms with E-state index in [-0.39, 0.29) is 0 Å². The van der Waals surface area contributed by atoms with Crippen molar-refractivity contribution in [1.82, 2.24) is 0 Å². The lowest BCUT2D eigenvalue weighted by Gasteiger charge is -2.07. The van der Waals surface area contributed by atoms with Crippen molar-refractivity contribution >= 4 is 9.47 Å². The highest BCUT2D eigenvalue weighted by Crippen LogP contribution is 2.19. The summed E-state index contributed by atoms with van der Waals surface area (Å²) in [7, 11) is 2.24. The van der Waals surface area contributed by atoms with Crippen LogP contribution in [0, 0.1) is 0 Å². The van der Waals surface area contributed by atoms with Gasteiger partial charge in [-0.15, -0.1) is 0 Å². The van der Waals surface area contributed by atoms with Crippen LogP contribution in [-0.4, -0.2) is 18.8 Å². The maximum atomic E-state index is 5.46. The first kappa shape index (κ1) is 7.46. The van der Waals surface area contributed by atoms with E-state index in [4.69, 9.17) is 9.26 Å². The molecule has 1 rings (SSSR count). The minimum absolute atomic E-state index is 0.345. The molecule has 1 aliphatic rings. The van der Waals surface area contributed by atoms with Gasteiger partial charge in [-0.05, 0) is 19.8 Å². The Morgan fingerprint density at radius 1 is 1.67 bits per heavy atom. The van der Waals surface area contributed by atoms with Crippen molar-refractivity contribution < 1.29 is 9.26 Å². The molecule has 3 heteroatoms. The van der Waals surface area contributed by atoms with Crippen LogP contribution in [0.15, 0.2) is 0 Å². The molecule has 1 aliphatic heterocycles. The summed E-state index contributed by atoms with van der Waals surface area (Å²) in [5.74, 6) is 0. The van der Waals surface area contributed by atoms with Gasteiger partial charge in [0.25, 0.3) is 0 Å². The van der Waals surface area contributed by atoms with Crippen LogP contribution in [0.5, 0.6) is 0 Å². The minimum atomic E-state index is 0.345. The summed E-state index contributed by atoms with van der Waals surface area (Å²) >= 11 is 0. The summed E-state index contributed by atoms with van der Waals surface area (Å²) in [6.07, 6.45) is 3.11. The molecule has 0 bridgehead atoms. The van der Waals surface area contributed by atoms with Gasteiger partial charge in [-0.25, -0.2) is 0 Å². The van der Waals surface area contributed by atoms with Gasteiger partial charge >= 0.3 is 0 Å². The molecule has 0 N–H and O–H groups in total. The fourth-order valence-corrected chi connectivity index (χ4v) is 1.33. The Kier molecular flexibility index (Phi) is 2.90. The van der Waals surface area contributed by atoms with Crippen LogP contribution in [-0.2, 0) is 9.26 Å². The van der Waals surface area contributed by atoms with Crippen molar-refractivity contribution in [3.8, 4) is 0 Å². The van der Waals surface area contributed by atoms with Crippen molar-refractivity contribution in [2.75, 3.05) is 6.61 Å². The van der Waals surface area contributed by atoms with Gasteiger partial charge in [0.1, 0.15) is 0 Å². The molecule has 0 radical (unpaired) electrons. The standard InChI is InChI=1S/C6H13O2P/c1-5-2-3-6(8-5)4-7-9/h5-6H,2-4,9H2,1H3. The van der Waals surface area contributed by atoms with Crippen LogP contribution < -0.4 is 0 Å². The van der Waals surface area contributed by atoms with Crippen molar-refractivity contribution in [2.24, 2.45) is 0 Å². The summed E-state index contributed by atoms with van der Waals surface area (Å²) in [6, 6.07) is 0. The largest absolute Gasteiger partial charge is 0.373 e. The second-order valence-electron chi connectivity index (χ2n) is 2.48. The zero-order valence-electron chi connectivity index (χ0n) is 5.67. The number of ether oxygens (including phenoxy) is 1. The smallest absolute Gasteiger partial charge is 0.0816 e. The predicted octanol–water partition coefficient (Wildman–Crippen LogP) is 1.36. The molecule has 3 atom stereocenters. The summed E-state index contributed by atoms with van der Waals surface area (Å²) < 4.78 is 10.3. The highest BCUT2D eigenvalue weighted by molar-refractivity contribution is 7.09. The fourth-order valence-electron chi connectivity index (χ4n) is 1.12. The van der Waals surface area contributed by atoms with Gasteiger partial charge in [0.05, 0.1) is 18.8 Å². The van der Waals surface area contributed by atoms with Gasteiger partial charge in [-0.2, -0.15) is 0 Å². The maximum Gasteiger partial charge on any atom is 0.0816 e. The molecule has 54 valence electrons. The number of hydrogen-bond acceptors (Lipinski definition) is 2. The molecule has 1 saturated heterocycles. The van der Waals surface area contributed by atoms with E-state index in [0.29, 0.717) is 12.2 Å². The molecule has 0 spiro atoms. The number of hydrogen-bond donors (Lipinski definition) is 0. The Bertz CT molecular complexity index is 85.1. The molecule has 0 aromatic heterocycles. The van der Waals surface area contributed by atoms with Crippen LogP contribution in [0.4, 0.5) is 0 Å². The topological polar surface area (TPSA) is 18.5 Å². The van der Waals surface area contributed by atoms with Crippen molar-refractivity contribution in [3.05, 3.63) is 0 Å². The fraction of sp³-hybridized carbons (Fsp3) is 1.00. The third kappa shape index (κ3) is 2.21. The molecular weight excluding hydrogens is 135 g/mol. The van der Waals surface area contributed by atoms with Crippen molar-refractivity contribution in [1.29, 1.82) is 0 Å². The van der Waals surface area contributed by atoms with E-state index in [2.05, 4.69) is 16.4 Å². The maximum absolute atomic E-state index is 5.46. The zero-order valence-corrected chi connectivity index (χ0v) is 6.82. The lowest BCUT2D eigenvalue weighted by Crippen LogP contribution is -2.12.